The lowest BCUT2D eigenvalue weighted by molar-refractivity contribution is 0.227. The van der Waals surface area contributed by atoms with Crippen LogP contribution in [0.2, 0.25) is 0 Å². The quantitative estimate of drug-likeness (QED) is 0.792. The highest BCUT2D eigenvalue weighted by atomic mass is 35.5. The summed E-state index contributed by atoms with van der Waals surface area (Å²) in [5, 5.41) is -0.400. The normalized spacial score (nSPS) is 18.2. The number of halogens is 2. The maximum atomic E-state index is 13.7. The fourth-order valence-corrected chi connectivity index (χ4v) is 2.72. The number of para-hydroxylation sites is 1. The number of rotatable bonds is 3. The van der Waals surface area contributed by atoms with E-state index in [0.29, 0.717) is 5.56 Å². The first-order valence-electron chi connectivity index (χ1n) is 6.41. The van der Waals surface area contributed by atoms with Gasteiger partial charge >= 0.3 is 0 Å². The Labute approximate surface area is 122 Å². The van der Waals surface area contributed by atoms with Gasteiger partial charge in [0.05, 0.1) is 12.5 Å². The van der Waals surface area contributed by atoms with Crippen molar-refractivity contribution in [2.45, 2.75) is 17.9 Å². The van der Waals surface area contributed by atoms with Crippen LogP contribution in [0.4, 0.5) is 4.39 Å². The smallest absolute Gasteiger partial charge is 0.165 e. The highest BCUT2D eigenvalue weighted by Gasteiger charge is 2.30. The third-order valence-corrected chi connectivity index (χ3v) is 4.03. The van der Waals surface area contributed by atoms with Gasteiger partial charge in [-0.3, -0.25) is 0 Å². The first-order chi connectivity index (χ1) is 9.69. The topological polar surface area (TPSA) is 18.5 Å². The lowest BCUT2D eigenvalue weighted by Gasteiger charge is -2.18. The van der Waals surface area contributed by atoms with Crippen molar-refractivity contribution < 1.29 is 13.9 Å². The van der Waals surface area contributed by atoms with E-state index in [9.17, 15) is 4.39 Å². The molecule has 0 fully saturated rings. The Morgan fingerprint density at radius 2 is 2.10 bits per heavy atom. The van der Waals surface area contributed by atoms with Gasteiger partial charge in [0.2, 0.25) is 0 Å². The minimum Gasteiger partial charge on any atom is -0.494 e. The second kappa shape index (κ2) is 5.33. The van der Waals surface area contributed by atoms with Gasteiger partial charge in [-0.25, -0.2) is 4.39 Å². The summed E-state index contributed by atoms with van der Waals surface area (Å²) in [5.41, 5.74) is 1.83. The molecule has 0 saturated heterocycles. The number of methoxy groups -OCH3 is 1. The second-order valence-electron chi connectivity index (χ2n) is 4.76. The van der Waals surface area contributed by atoms with Crippen molar-refractivity contribution >= 4 is 11.6 Å². The molecule has 0 N–H and O–H groups in total. The van der Waals surface area contributed by atoms with Crippen LogP contribution in [0.1, 0.15) is 16.5 Å². The first kappa shape index (κ1) is 13.3. The molecule has 3 rings (SSSR count). The van der Waals surface area contributed by atoms with Crippen LogP contribution in [-0.2, 0) is 6.42 Å². The van der Waals surface area contributed by atoms with Crippen LogP contribution in [0.5, 0.6) is 11.5 Å². The Morgan fingerprint density at radius 3 is 2.80 bits per heavy atom. The Morgan fingerprint density at radius 1 is 1.30 bits per heavy atom. The summed E-state index contributed by atoms with van der Waals surface area (Å²) in [6.45, 7) is 0. The van der Waals surface area contributed by atoms with Gasteiger partial charge in [-0.2, -0.15) is 0 Å². The Hall–Kier alpha value is -1.74. The first-order valence-corrected chi connectivity index (χ1v) is 6.85. The Bertz CT molecular complexity index is 605. The van der Waals surface area contributed by atoms with E-state index in [1.54, 1.807) is 12.1 Å². The van der Waals surface area contributed by atoms with Crippen molar-refractivity contribution in [3.8, 4) is 11.5 Å². The minimum atomic E-state index is -0.411. The zero-order chi connectivity index (χ0) is 14.1. The van der Waals surface area contributed by atoms with Crippen molar-refractivity contribution in [2.24, 2.45) is 0 Å². The van der Waals surface area contributed by atoms with Gasteiger partial charge in [-0.15, -0.1) is 11.6 Å². The van der Waals surface area contributed by atoms with Crippen LogP contribution in [0, 0.1) is 5.82 Å². The summed E-state index contributed by atoms with van der Waals surface area (Å²) < 4.78 is 24.5. The summed E-state index contributed by atoms with van der Waals surface area (Å²) in [6, 6.07) is 12.6. The van der Waals surface area contributed by atoms with Crippen LogP contribution in [-0.4, -0.2) is 13.2 Å². The van der Waals surface area contributed by atoms with Gasteiger partial charge < -0.3 is 9.47 Å². The molecule has 2 aromatic carbocycles. The Balaban J connectivity index is 1.81. The monoisotopic (exact) mass is 292 g/mol. The molecule has 0 saturated carbocycles. The number of ether oxygens (including phenoxy) is 2. The molecule has 1 heterocycles. The van der Waals surface area contributed by atoms with Crippen LogP contribution < -0.4 is 9.47 Å². The molecule has 2 nitrogen and oxygen atoms in total. The van der Waals surface area contributed by atoms with Crippen molar-refractivity contribution in [1.82, 2.24) is 0 Å². The molecule has 20 heavy (non-hydrogen) atoms. The van der Waals surface area contributed by atoms with Crippen molar-refractivity contribution in [1.29, 1.82) is 0 Å². The molecule has 0 amide bonds. The third-order valence-electron chi connectivity index (χ3n) is 3.49. The second-order valence-corrected chi connectivity index (χ2v) is 5.23. The number of fused-ring (bicyclic) bond motifs is 1. The average molecular weight is 293 g/mol. The molecule has 1 aliphatic heterocycles. The fourth-order valence-electron chi connectivity index (χ4n) is 2.44. The summed E-state index contributed by atoms with van der Waals surface area (Å²) in [7, 11) is 1.44. The lowest BCUT2D eigenvalue weighted by atomic mass is 10.0. The molecular weight excluding hydrogens is 279 g/mol. The molecule has 2 atom stereocenters. The zero-order valence-electron chi connectivity index (χ0n) is 11.0. The maximum Gasteiger partial charge on any atom is 0.165 e. The zero-order valence-corrected chi connectivity index (χ0v) is 11.7. The van der Waals surface area contributed by atoms with E-state index in [1.807, 2.05) is 24.3 Å². The largest absolute Gasteiger partial charge is 0.494 e. The average Bonchev–Trinajstić information content (AvgIpc) is 2.90. The summed E-state index contributed by atoms with van der Waals surface area (Å²) in [4.78, 5) is 0. The molecular formula is C16H14ClFO2. The van der Waals surface area contributed by atoms with E-state index in [0.717, 1.165) is 17.7 Å². The molecule has 1 aliphatic rings. The van der Waals surface area contributed by atoms with Crippen LogP contribution in [0.15, 0.2) is 42.5 Å². The highest BCUT2D eigenvalue weighted by molar-refractivity contribution is 6.21. The van der Waals surface area contributed by atoms with E-state index in [-0.39, 0.29) is 11.9 Å². The van der Waals surface area contributed by atoms with Gasteiger partial charge in [0.15, 0.2) is 11.6 Å². The molecule has 4 heteroatoms. The van der Waals surface area contributed by atoms with E-state index in [2.05, 4.69) is 0 Å². The summed E-state index contributed by atoms with van der Waals surface area (Å²) >= 11 is 6.44. The van der Waals surface area contributed by atoms with Crippen molar-refractivity contribution in [3.05, 3.63) is 59.4 Å². The van der Waals surface area contributed by atoms with E-state index in [1.165, 1.54) is 13.2 Å². The standard InChI is InChI=1S/C16H14ClFO2/c1-19-14-7-6-11(8-12(14)18)16(17)15-9-10-4-2-3-5-13(10)20-15/h2-8,15-16H,9H2,1H3. The SMILES string of the molecule is COc1ccc(C(Cl)C2Cc3ccccc3O2)cc1F. The predicted octanol–water partition coefficient (Wildman–Crippen LogP) is 4.12. The molecule has 0 radical (unpaired) electrons. The van der Waals surface area contributed by atoms with Crippen LogP contribution in [0.3, 0.4) is 0 Å². The molecule has 2 aromatic rings. The number of hydrogen-bond donors (Lipinski definition) is 0. The Kier molecular flexibility index (Phi) is 3.53. The number of benzene rings is 2. The molecule has 0 aromatic heterocycles. The molecule has 0 spiro atoms. The lowest BCUT2D eigenvalue weighted by Crippen LogP contribution is -2.19. The molecule has 2 unspecified atom stereocenters. The molecule has 0 bridgehead atoms. The summed E-state index contributed by atoms with van der Waals surface area (Å²) in [6.07, 6.45) is 0.555. The number of alkyl halides is 1. The van der Waals surface area contributed by atoms with Gasteiger partial charge in [-0.1, -0.05) is 24.3 Å². The maximum absolute atomic E-state index is 13.7. The van der Waals surface area contributed by atoms with Crippen LogP contribution in [0.25, 0.3) is 0 Å². The predicted molar refractivity (Wildman–Crippen MR) is 76.1 cm³/mol. The van der Waals surface area contributed by atoms with E-state index < -0.39 is 11.2 Å². The van der Waals surface area contributed by atoms with E-state index >= 15 is 0 Å². The summed E-state index contributed by atoms with van der Waals surface area (Å²) in [5.74, 6) is 0.663. The molecule has 104 valence electrons. The van der Waals surface area contributed by atoms with Gasteiger partial charge in [0.25, 0.3) is 0 Å². The van der Waals surface area contributed by atoms with Crippen molar-refractivity contribution in [3.63, 3.8) is 0 Å². The van der Waals surface area contributed by atoms with E-state index in [4.69, 9.17) is 21.1 Å². The highest BCUT2D eigenvalue weighted by Crippen LogP contribution is 2.37. The molecule has 0 aliphatic carbocycles. The van der Waals surface area contributed by atoms with Gasteiger partial charge in [-0.05, 0) is 29.3 Å². The number of hydrogen-bond acceptors (Lipinski definition) is 2. The minimum absolute atomic E-state index is 0.179. The van der Waals surface area contributed by atoms with Crippen LogP contribution >= 0.6 is 11.6 Å². The van der Waals surface area contributed by atoms with Crippen molar-refractivity contribution in [2.75, 3.05) is 7.11 Å². The fraction of sp³-hybridized carbons (Fsp3) is 0.250. The third kappa shape index (κ3) is 2.34. The van der Waals surface area contributed by atoms with Gasteiger partial charge in [0.1, 0.15) is 11.9 Å². The van der Waals surface area contributed by atoms with Gasteiger partial charge in [0, 0.05) is 6.42 Å².